The first-order valence-electron chi connectivity index (χ1n) is 14.3. The van der Waals surface area contributed by atoms with E-state index in [1.165, 1.54) is 95.8 Å². The van der Waals surface area contributed by atoms with Crippen LogP contribution in [0.3, 0.4) is 0 Å². The van der Waals surface area contributed by atoms with Crippen molar-refractivity contribution in [1.82, 2.24) is 9.80 Å². The molecule has 0 fully saturated rings. The summed E-state index contributed by atoms with van der Waals surface area (Å²) in [5, 5.41) is 60.3. The molecule has 0 aromatic carbocycles. The average molecular weight is 697 g/mol. The van der Waals surface area contributed by atoms with E-state index < -0.39 is 66.6 Å². The third kappa shape index (κ3) is 63.0. The Hall–Kier alpha value is -0.450. The Bertz CT molecular complexity index is 749. The molecule has 0 unspecified atom stereocenters. The van der Waals surface area contributed by atoms with Gasteiger partial charge in [0, 0.05) is 19.6 Å². The molecule has 0 saturated heterocycles. The van der Waals surface area contributed by atoms with Crippen molar-refractivity contribution in [2.45, 2.75) is 80.9 Å². The van der Waals surface area contributed by atoms with Gasteiger partial charge in [-0.25, -0.2) is 0 Å². The molecule has 0 heterocycles. The molecule has 0 aliphatic rings. The molecule has 258 valence electrons. The minimum absolute atomic E-state index is 0. The number of carboxylic acids is 4. The van der Waals surface area contributed by atoms with E-state index in [9.17, 15) is 24.3 Å². The fourth-order valence-electron chi connectivity index (χ4n) is 3.26. The van der Waals surface area contributed by atoms with Crippen molar-refractivity contribution in [3.05, 3.63) is 0 Å². The van der Waals surface area contributed by atoms with Gasteiger partial charge in [-0.3, -0.25) is 33.3 Å². The molecule has 0 aliphatic carbocycles. The molecule has 0 radical (unpaired) electrons. The maximum Gasteiger partial charge on any atom is 1.00 e. The average Bonchev–Trinajstić information content (AvgIpc) is 2.89. The van der Waals surface area contributed by atoms with Crippen LogP contribution >= 0.6 is 0 Å². The first kappa shape index (κ1) is 54.0. The van der Waals surface area contributed by atoms with Crippen LogP contribution in [0.2, 0.25) is 3.67 Å². The van der Waals surface area contributed by atoms with Gasteiger partial charge in [0.05, 0.1) is 38.8 Å². The van der Waals surface area contributed by atoms with Gasteiger partial charge < -0.3 is 40.5 Å². The number of aliphatic carboxylic acids is 4. The van der Waals surface area contributed by atoms with Crippen LogP contribution in [0.1, 0.15) is 71.1 Å². The van der Waals surface area contributed by atoms with E-state index in [1.807, 2.05) is 0 Å². The predicted molar refractivity (Wildman–Crippen MR) is 158 cm³/mol. The van der Waals surface area contributed by atoms with Gasteiger partial charge in [0.25, 0.3) is 0 Å². The number of hydrogen-bond donors (Lipinski definition) is 8. The Morgan fingerprint density at radius 3 is 1.20 bits per heavy atom. The third-order valence-corrected chi connectivity index (χ3v) is 6.00. The normalized spacial score (nSPS) is 10.5. The van der Waals surface area contributed by atoms with Gasteiger partial charge in [-0.2, -0.15) is 8.42 Å². The standard InChI is InChI=1S/C12H25.C10H16N2O8.C3H8O3.2Na.H2O4S/c1-3-5-7-9-11-12-10-8-6-4-2;13-7(14)3-11(4-8(15)16)1-2-12(5-9(17)18)6-10(19)20;4-1-3(6)2-5;;;1-5(2,3)4/h1,3-12H2,2H3;1-6H2,(H,13,14)(H,15,16)(H,17,18)(H,19,20);3-6H,1-2H2;;;(H2,1,2,3,4)/q;;;;+1;/p-1. The molecule has 0 bridgehead atoms. The zero-order valence-corrected chi connectivity index (χ0v) is 31.6. The summed E-state index contributed by atoms with van der Waals surface area (Å²) >= 11 is 1.41. The monoisotopic (exact) mass is 696 g/mol. The molecule has 0 aliphatic heterocycles. The van der Waals surface area contributed by atoms with E-state index in [0.29, 0.717) is 0 Å². The Morgan fingerprint density at radius 2 is 0.978 bits per heavy atom. The number of nitrogens with zero attached hydrogens (tertiary/aromatic N) is 2. The summed E-state index contributed by atoms with van der Waals surface area (Å²) in [6.07, 6.45) is 13.8. The number of aliphatic hydroxyl groups excluding tert-OH is 3. The van der Waals surface area contributed by atoms with Gasteiger partial charge in [-0.15, -0.1) is 0 Å². The van der Waals surface area contributed by atoms with E-state index >= 15 is 0 Å². The smallest absolute Gasteiger partial charge is 0.549 e. The van der Waals surface area contributed by atoms with Crippen LogP contribution in [0.5, 0.6) is 0 Å². The van der Waals surface area contributed by atoms with Crippen LogP contribution in [0.25, 0.3) is 0 Å². The van der Waals surface area contributed by atoms with E-state index in [1.54, 1.807) is 0 Å². The molecule has 0 atom stereocenters. The zero-order chi connectivity index (χ0) is 35.0. The molecule has 17 nitrogen and oxygen atoms in total. The van der Waals surface area contributed by atoms with Crippen molar-refractivity contribution in [1.29, 1.82) is 0 Å². The van der Waals surface area contributed by atoms with E-state index in [-0.39, 0.29) is 55.9 Å². The van der Waals surface area contributed by atoms with Crippen LogP contribution in [0.4, 0.5) is 0 Å². The van der Waals surface area contributed by atoms with Crippen molar-refractivity contribution < 1.29 is 102 Å². The summed E-state index contributed by atoms with van der Waals surface area (Å²) in [6, 6.07) is 0. The SMILES string of the molecule is CCCCCCCCCCC[CH2][Na].O=C([O-])CN(CCN(CC(=O)O)CC(=O)O)CC(=O)O.O=S(=O)(O)O.OCC(O)CO.[Na+]. The number of carbonyl (C=O) groups excluding carboxylic acids is 1. The molecular weight excluding hydrogens is 646 g/mol. The minimum Gasteiger partial charge on any atom is -0.549 e. The first-order valence-corrected chi connectivity index (χ1v) is 17.1. The van der Waals surface area contributed by atoms with Crippen LogP contribution in [0, 0.1) is 0 Å². The van der Waals surface area contributed by atoms with Crippen LogP contribution in [0.15, 0.2) is 0 Å². The summed E-state index contributed by atoms with van der Waals surface area (Å²) in [5.74, 6) is -5.21. The molecule has 8 N–H and O–H groups in total. The van der Waals surface area contributed by atoms with Crippen molar-refractivity contribution in [2.75, 3.05) is 52.5 Å². The largest absolute Gasteiger partial charge is 1.00 e. The summed E-state index contributed by atoms with van der Waals surface area (Å²) in [7, 11) is -4.67. The summed E-state index contributed by atoms with van der Waals surface area (Å²) in [5.41, 5.74) is 0. The van der Waals surface area contributed by atoms with E-state index in [4.69, 9.17) is 48.2 Å². The molecule has 0 rings (SSSR count). The van der Waals surface area contributed by atoms with Gasteiger partial charge in [0.2, 0.25) is 0 Å². The van der Waals surface area contributed by atoms with Crippen LogP contribution in [-0.4, -0.2) is 168 Å². The molecule has 0 aromatic heterocycles. The van der Waals surface area contributed by atoms with E-state index in [0.717, 1.165) is 9.80 Å². The number of aliphatic hydroxyl groups is 3. The van der Waals surface area contributed by atoms with Gasteiger partial charge in [-0.05, 0) is 0 Å². The Labute approximate surface area is 305 Å². The Morgan fingerprint density at radius 1 is 0.689 bits per heavy atom. The Balaban J connectivity index is -0.000000182. The second-order valence-corrected chi connectivity index (χ2v) is 11.5. The van der Waals surface area contributed by atoms with E-state index in [2.05, 4.69) is 6.92 Å². The molecule has 20 heteroatoms. The number of carboxylic acid groups (broad SMARTS) is 4. The number of carbonyl (C=O) groups is 4. The second-order valence-electron chi connectivity index (χ2n) is 9.62. The number of hydrogen-bond acceptors (Lipinski definition) is 12. The van der Waals surface area contributed by atoms with Crippen molar-refractivity contribution >= 4 is 62.2 Å². The quantitative estimate of drug-likeness (QED) is 0.0285. The van der Waals surface area contributed by atoms with Crippen molar-refractivity contribution in [3.8, 4) is 0 Å². The Kier molecular flexibility index (Phi) is 45.6. The molecule has 45 heavy (non-hydrogen) atoms. The van der Waals surface area contributed by atoms with Crippen LogP contribution < -0.4 is 34.7 Å². The zero-order valence-electron chi connectivity index (χ0n) is 26.8. The summed E-state index contributed by atoms with van der Waals surface area (Å²) < 4.78 is 33.1. The fourth-order valence-corrected chi connectivity index (χ4v) is 3.76. The molecule has 0 amide bonds. The van der Waals surface area contributed by atoms with Gasteiger partial charge in [0.1, 0.15) is 6.10 Å². The first-order chi connectivity index (χ1) is 20.4. The van der Waals surface area contributed by atoms with Gasteiger partial charge in [-0.1, -0.05) is 0 Å². The third-order valence-electron chi connectivity index (χ3n) is 5.29. The van der Waals surface area contributed by atoms with Crippen molar-refractivity contribution in [2.24, 2.45) is 0 Å². The van der Waals surface area contributed by atoms with Crippen LogP contribution in [-0.2, 0) is 29.6 Å². The topological polar surface area (TPSA) is 294 Å². The fraction of sp³-hybridized carbons (Fsp3) is 0.840. The summed E-state index contributed by atoms with van der Waals surface area (Å²) in [6.45, 7) is -0.944. The second kappa shape index (κ2) is 38.0. The van der Waals surface area contributed by atoms with Gasteiger partial charge >= 0.3 is 161 Å². The maximum atomic E-state index is 10.5. The predicted octanol–water partition coefficient (Wildman–Crippen LogP) is -4.23. The number of rotatable bonds is 23. The summed E-state index contributed by atoms with van der Waals surface area (Å²) in [4.78, 5) is 44.1. The van der Waals surface area contributed by atoms with Gasteiger partial charge in [0.15, 0.2) is 0 Å². The van der Waals surface area contributed by atoms with Crippen molar-refractivity contribution in [3.63, 3.8) is 0 Å². The minimum atomic E-state index is -4.67. The maximum absolute atomic E-state index is 10.5. The molecule has 0 spiro atoms. The molecule has 0 aromatic rings. The number of unbranched alkanes of at least 4 members (excludes halogenated alkanes) is 9. The molecule has 0 saturated carbocycles. The molecular formula is C25H50N2Na2O15S.